The highest BCUT2D eigenvalue weighted by Gasteiger charge is 2.33. The van der Waals surface area contributed by atoms with E-state index in [1.807, 2.05) is 17.0 Å². The zero-order chi connectivity index (χ0) is 24.3. The Labute approximate surface area is 194 Å². The molecular formula is C24H24F3N3O4. The van der Waals surface area contributed by atoms with Gasteiger partial charge in [0.25, 0.3) is 0 Å². The van der Waals surface area contributed by atoms with Gasteiger partial charge in [-0.1, -0.05) is 12.1 Å². The van der Waals surface area contributed by atoms with Gasteiger partial charge in [-0.05, 0) is 24.3 Å². The van der Waals surface area contributed by atoms with E-state index >= 15 is 0 Å². The molecule has 1 aromatic heterocycles. The molecule has 2 aromatic carbocycles. The van der Waals surface area contributed by atoms with Gasteiger partial charge in [0, 0.05) is 43.2 Å². The first-order valence-electron chi connectivity index (χ1n) is 10.7. The maximum Gasteiger partial charge on any atom is 0.418 e. The number of anilines is 1. The molecule has 1 N–H and O–H groups in total. The summed E-state index contributed by atoms with van der Waals surface area (Å²) in [5.41, 5.74) is 0.278. The molecule has 0 spiro atoms. The molecule has 180 valence electrons. The predicted octanol–water partition coefficient (Wildman–Crippen LogP) is 3.79. The van der Waals surface area contributed by atoms with E-state index in [9.17, 15) is 22.8 Å². The van der Waals surface area contributed by atoms with Crippen molar-refractivity contribution in [1.82, 2.24) is 9.80 Å². The van der Waals surface area contributed by atoms with Crippen molar-refractivity contribution >= 4 is 28.5 Å². The fourth-order valence-electron chi connectivity index (χ4n) is 3.99. The van der Waals surface area contributed by atoms with Crippen LogP contribution in [0, 0.1) is 0 Å². The number of carbonyl (C=O) groups is 2. The molecule has 2 heterocycles. The Hall–Kier alpha value is -3.53. The normalized spacial score (nSPS) is 14.9. The molecule has 1 aliphatic rings. The smallest absolute Gasteiger partial charge is 0.418 e. The van der Waals surface area contributed by atoms with Crippen LogP contribution in [0.2, 0.25) is 0 Å². The van der Waals surface area contributed by atoms with E-state index in [4.69, 9.17) is 9.15 Å². The molecule has 0 atom stereocenters. The molecule has 0 aliphatic carbocycles. The molecule has 34 heavy (non-hydrogen) atoms. The van der Waals surface area contributed by atoms with E-state index in [-0.39, 0.29) is 24.6 Å². The van der Waals surface area contributed by atoms with Crippen molar-refractivity contribution in [2.45, 2.75) is 12.6 Å². The van der Waals surface area contributed by atoms with E-state index in [1.165, 1.54) is 18.2 Å². The second kappa shape index (κ2) is 9.76. The van der Waals surface area contributed by atoms with Crippen LogP contribution < -0.4 is 10.1 Å². The van der Waals surface area contributed by atoms with Crippen LogP contribution in [0.3, 0.4) is 0 Å². The molecule has 1 saturated heterocycles. The molecule has 0 unspecified atom stereocenters. The fourth-order valence-corrected chi connectivity index (χ4v) is 3.99. The Morgan fingerprint density at radius 2 is 1.82 bits per heavy atom. The summed E-state index contributed by atoms with van der Waals surface area (Å²) < 4.78 is 50.1. The van der Waals surface area contributed by atoms with Gasteiger partial charge in [0.2, 0.25) is 11.8 Å². The highest BCUT2D eigenvalue weighted by Crippen LogP contribution is 2.34. The summed E-state index contributed by atoms with van der Waals surface area (Å²) in [5.74, 6) is 0.0836. The highest BCUT2D eigenvalue weighted by atomic mass is 19.4. The number of carbonyl (C=O) groups excluding carboxylic acids is 2. The standard InChI is InChI=1S/C24H24F3N3O4/c1-33-17-6-7-18-16(15-34-21(18)13-17)12-23(32)30-10-8-29(9-11-30)14-22(31)28-20-5-3-2-4-19(20)24(25,26)27/h2-7,13,15H,8-12,14H2,1H3,(H,28,31). The Bertz CT molecular complexity index is 1180. The lowest BCUT2D eigenvalue weighted by atomic mass is 10.1. The van der Waals surface area contributed by atoms with Crippen LogP contribution in [0.25, 0.3) is 11.0 Å². The minimum atomic E-state index is -4.55. The summed E-state index contributed by atoms with van der Waals surface area (Å²) in [7, 11) is 1.57. The molecule has 3 aromatic rings. The Morgan fingerprint density at radius 3 is 2.53 bits per heavy atom. The number of nitrogens with one attached hydrogen (secondary N) is 1. The molecular weight excluding hydrogens is 451 g/mol. The Kier molecular flexibility index (Phi) is 6.78. The lowest BCUT2D eigenvalue weighted by molar-refractivity contribution is -0.137. The molecule has 1 aliphatic heterocycles. The van der Waals surface area contributed by atoms with Crippen LogP contribution in [0.4, 0.5) is 18.9 Å². The van der Waals surface area contributed by atoms with Crippen molar-refractivity contribution in [2.75, 3.05) is 45.2 Å². The topological polar surface area (TPSA) is 75.0 Å². The van der Waals surface area contributed by atoms with E-state index in [0.717, 1.165) is 17.0 Å². The minimum absolute atomic E-state index is 0.0532. The third-order valence-corrected chi connectivity index (χ3v) is 5.80. The summed E-state index contributed by atoms with van der Waals surface area (Å²) in [5, 5.41) is 3.20. The molecule has 0 saturated carbocycles. The van der Waals surface area contributed by atoms with Crippen molar-refractivity contribution in [2.24, 2.45) is 0 Å². The summed E-state index contributed by atoms with van der Waals surface area (Å²) in [6.45, 7) is 1.69. The lowest BCUT2D eigenvalue weighted by Crippen LogP contribution is -2.50. The number of alkyl halides is 3. The largest absolute Gasteiger partial charge is 0.497 e. The quantitative estimate of drug-likeness (QED) is 0.587. The first-order chi connectivity index (χ1) is 16.2. The van der Waals surface area contributed by atoms with Crippen molar-refractivity contribution < 1.29 is 31.9 Å². The van der Waals surface area contributed by atoms with E-state index in [1.54, 1.807) is 24.3 Å². The number of rotatable bonds is 6. The third kappa shape index (κ3) is 5.33. The average molecular weight is 475 g/mol. The van der Waals surface area contributed by atoms with Gasteiger partial charge in [-0.3, -0.25) is 14.5 Å². The van der Waals surface area contributed by atoms with Crippen LogP contribution in [-0.2, 0) is 22.2 Å². The molecule has 7 nitrogen and oxygen atoms in total. The van der Waals surface area contributed by atoms with Crippen molar-refractivity contribution in [1.29, 1.82) is 0 Å². The van der Waals surface area contributed by atoms with Gasteiger partial charge in [0.15, 0.2) is 0 Å². The van der Waals surface area contributed by atoms with Crippen molar-refractivity contribution in [3.8, 4) is 5.75 Å². The van der Waals surface area contributed by atoms with Gasteiger partial charge in [-0.15, -0.1) is 0 Å². The van der Waals surface area contributed by atoms with Crippen LogP contribution in [0.5, 0.6) is 5.75 Å². The number of fused-ring (bicyclic) bond motifs is 1. The molecule has 10 heteroatoms. The van der Waals surface area contributed by atoms with E-state index < -0.39 is 17.6 Å². The molecule has 2 amide bonds. The number of piperazine rings is 1. The number of benzene rings is 2. The van der Waals surface area contributed by atoms with Gasteiger partial charge < -0.3 is 19.4 Å². The van der Waals surface area contributed by atoms with Crippen LogP contribution >= 0.6 is 0 Å². The van der Waals surface area contributed by atoms with Gasteiger partial charge >= 0.3 is 6.18 Å². The first-order valence-corrected chi connectivity index (χ1v) is 10.7. The number of amides is 2. The number of para-hydroxylation sites is 1. The summed E-state index contributed by atoms with van der Waals surface area (Å²) in [6, 6.07) is 10.3. The second-order valence-corrected chi connectivity index (χ2v) is 8.05. The van der Waals surface area contributed by atoms with Gasteiger partial charge in [0.05, 0.1) is 37.6 Å². The maximum absolute atomic E-state index is 13.1. The monoisotopic (exact) mass is 475 g/mol. The molecule has 1 fully saturated rings. The zero-order valence-corrected chi connectivity index (χ0v) is 18.5. The number of halogens is 3. The maximum atomic E-state index is 13.1. The predicted molar refractivity (Wildman–Crippen MR) is 120 cm³/mol. The number of furan rings is 1. The molecule has 0 bridgehead atoms. The number of methoxy groups -OCH3 is 1. The number of ether oxygens (including phenoxy) is 1. The minimum Gasteiger partial charge on any atom is -0.497 e. The van der Waals surface area contributed by atoms with Crippen LogP contribution in [-0.4, -0.2) is 61.4 Å². The van der Waals surface area contributed by atoms with Gasteiger partial charge in [-0.25, -0.2) is 0 Å². The Morgan fingerprint density at radius 1 is 1.09 bits per heavy atom. The SMILES string of the molecule is COc1ccc2c(CC(=O)N3CCN(CC(=O)Nc4ccccc4C(F)(F)F)CC3)coc2c1. The second-order valence-electron chi connectivity index (χ2n) is 8.05. The highest BCUT2D eigenvalue weighted by molar-refractivity contribution is 5.93. The van der Waals surface area contributed by atoms with E-state index in [2.05, 4.69) is 5.32 Å². The molecule has 0 radical (unpaired) electrons. The van der Waals surface area contributed by atoms with Crippen molar-refractivity contribution in [3.63, 3.8) is 0 Å². The number of hydrogen-bond acceptors (Lipinski definition) is 5. The number of hydrogen-bond donors (Lipinski definition) is 1. The Balaban J connectivity index is 1.29. The third-order valence-electron chi connectivity index (χ3n) is 5.80. The summed E-state index contributed by atoms with van der Waals surface area (Å²) >= 11 is 0. The summed E-state index contributed by atoms with van der Waals surface area (Å²) in [4.78, 5) is 28.7. The zero-order valence-electron chi connectivity index (χ0n) is 18.5. The first kappa shape index (κ1) is 23.6. The van der Waals surface area contributed by atoms with Gasteiger partial charge in [-0.2, -0.15) is 13.2 Å². The average Bonchev–Trinajstić information content (AvgIpc) is 3.20. The van der Waals surface area contributed by atoms with Crippen LogP contribution in [0.15, 0.2) is 53.1 Å². The lowest BCUT2D eigenvalue weighted by Gasteiger charge is -2.34. The van der Waals surface area contributed by atoms with Crippen molar-refractivity contribution in [3.05, 3.63) is 59.9 Å². The van der Waals surface area contributed by atoms with Crippen LogP contribution in [0.1, 0.15) is 11.1 Å². The number of nitrogens with zero attached hydrogens (tertiary/aromatic N) is 2. The molecule has 4 rings (SSSR count). The summed E-state index contributed by atoms with van der Waals surface area (Å²) in [6.07, 6.45) is -2.79. The van der Waals surface area contributed by atoms with E-state index in [0.29, 0.717) is 37.5 Å². The fraction of sp³-hybridized carbons (Fsp3) is 0.333. The van der Waals surface area contributed by atoms with Gasteiger partial charge in [0.1, 0.15) is 11.3 Å².